The van der Waals surface area contributed by atoms with Crippen molar-refractivity contribution in [3.8, 4) is 0 Å². The molecule has 4 nitrogen and oxygen atoms in total. The average Bonchev–Trinajstić information content (AvgIpc) is 2.15. The number of carboxylic acids is 1. The van der Waals surface area contributed by atoms with Gasteiger partial charge in [-0.15, -0.1) is 0 Å². The lowest BCUT2D eigenvalue weighted by Gasteiger charge is -2.33. The highest BCUT2D eigenvalue weighted by Gasteiger charge is 2.23. The lowest BCUT2D eigenvalue weighted by Crippen LogP contribution is -2.44. The van der Waals surface area contributed by atoms with E-state index in [1.54, 1.807) is 4.90 Å². The number of hydrogen-bond donors (Lipinski definition) is 1. The van der Waals surface area contributed by atoms with E-state index >= 15 is 0 Å². The molecule has 0 aromatic heterocycles. The van der Waals surface area contributed by atoms with E-state index in [4.69, 9.17) is 5.11 Å². The normalized spacial score (nSPS) is 22.1. The Bertz CT molecular complexity index is 232. The van der Waals surface area contributed by atoms with Gasteiger partial charge in [0.15, 0.2) is 0 Å². The molecule has 0 bridgehead atoms. The first-order valence-corrected chi connectivity index (χ1v) is 5.85. The third-order valence-corrected chi connectivity index (χ3v) is 3.43. The van der Waals surface area contributed by atoms with E-state index in [1.807, 2.05) is 18.7 Å². The number of nitrogens with zero attached hydrogens (tertiary/aromatic N) is 1. The fourth-order valence-corrected chi connectivity index (χ4v) is 2.47. The predicted octanol–water partition coefficient (Wildman–Crippen LogP) is 0.815. The van der Waals surface area contributed by atoms with Gasteiger partial charge in [-0.05, 0) is 6.92 Å². The number of thioether (sulfide) groups is 1. The molecule has 0 saturated carbocycles. The molecule has 1 atom stereocenters. The molecular weight excluding hydrogens is 202 g/mol. The van der Waals surface area contributed by atoms with Crippen LogP contribution in [-0.4, -0.2) is 46.0 Å². The Morgan fingerprint density at radius 3 is 2.79 bits per heavy atom. The van der Waals surface area contributed by atoms with Gasteiger partial charge in [-0.25, -0.2) is 0 Å². The molecule has 0 aromatic carbocycles. The Morgan fingerprint density at radius 2 is 2.21 bits per heavy atom. The van der Waals surface area contributed by atoms with Gasteiger partial charge < -0.3 is 10.0 Å². The largest absolute Gasteiger partial charge is 0.481 e. The molecule has 1 heterocycles. The summed E-state index contributed by atoms with van der Waals surface area (Å²) in [6, 6.07) is 0.245. The summed E-state index contributed by atoms with van der Waals surface area (Å²) in [7, 11) is 0. The van der Waals surface area contributed by atoms with Gasteiger partial charge in [0.25, 0.3) is 0 Å². The van der Waals surface area contributed by atoms with E-state index < -0.39 is 5.97 Å². The van der Waals surface area contributed by atoms with Crippen molar-refractivity contribution >= 4 is 23.6 Å². The molecular formula is C9H15NO3S. The Balaban J connectivity index is 2.38. The van der Waals surface area contributed by atoms with Crippen molar-refractivity contribution in [3.05, 3.63) is 0 Å². The van der Waals surface area contributed by atoms with E-state index in [-0.39, 0.29) is 24.8 Å². The first kappa shape index (κ1) is 11.4. The lowest BCUT2D eigenvalue weighted by molar-refractivity contribution is -0.141. The van der Waals surface area contributed by atoms with Crippen LogP contribution in [0, 0.1) is 0 Å². The number of carbonyl (C=O) groups is 2. The predicted molar refractivity (Wildman–Crippen MR) is 55.4 cm³/mol. The number of rotatable bonds is 3. The summed E-state index contributed by atoms with van der Waals surface area (Å²) in [5.41, 5.74) is 0. The van der Waals surface area contributed by atoms with E-state index in [0.29, 0.717) is 0 Å². The molecule has 14 heavy (non-hydrogen) atoms. The molecule has 1 aliphatic rings. The Kier molecular flexibility index (Phi) is 4.25. The van der Waals surface area contributed by atoms with Gasteiger partial charge in [-0.3, -0.25) is 9.59 Å². The van der Waals surface area contributed by atoms with Crippen molar-refractivity contribution in [2.24, 2.45) is 0 Å². The summed E-state index contributed by atoms with van der Waals surface area (Å²) in [5, 5.41) is 8.45. The maximum Gasteiger partial charge on any atom is 0.303 e. The summed E-state index contributed by atoms with van der Waals surface area (Å²) in [4.78, 5) is 23.7. The van der Waals surface area contributed by atoms with Gasteiger partial charge in [0.05, 0.1) is 6.42 Å². The highest BCUT2D eigenvalue weighted by molar-refractivity contribution is 7.99. The molecule has 1 saturated heterocycles. The molecule has 5 heteroatoms. The van der Waals surface area contributed by atoms with Crippen LogP contribution in [0.3, 0.4) is 0 Å². The second kappa shape index (κ2) is 5.24. The van der Waals surface area contributed by atoms with E-state index in [0.717, 1.165) is 18.1 Å². The molecule has 1 aliphatic heterocycles. The number of carbonyl (C=O) groups excluding carboxylic acids is 1. The molecule has 0 aromatic rings. The maximum atomic E-state index is 11.6. The monoisotopic (exact) mass is 217 g/mol. The Morgan fingerprint density at radius 1 is 1.50 bits per heavy atom. The average molecular weight is 217 g/mol. The molecule has 1 rings (SSSR count). The minimum atomic E-state index is -0.905. The maximum absolute atomic E-state index is 11.6. The highest BCUT2D eigenvalue weighted by atomic mass is 32.2. The van der Waals surface area contributed by atoms with Gasteiger partial charge in [0, 0.05) is 30.5 Å². The molecule has 0 aliphatic carbocycles. The van der Waals surface area contributed by atoms with Crippen LogP contribution in [0.25, 0.3) is 0 Å². The van der Waals surface area contributed by atoms with Gasteiger partial charge in [-0.2, -0.15) is 11.8 Å². The zero-order valence-electron chi connectivity index (χ0n) is 8.23. The number of amides is 1. The zero-order valence-corrected chi connectivity index (χ0v) is 9.05. The van der Waals surface area contributed by atoms with E-state index in [1.165, 1.54) is 0 Å². The van der Waals surface area contributed by atoms with Crippen molar-refractivity contribution in [1.82, 2.24) is 4.90 Å². The van der Waals surface area contributed by atoms with Crippen molar-refractivity contribution in [1.29, 1.82) is 0 Å². The van der Waals surface area contributed by atoms with Gasteiger partial charge in [0.2, 0.25) is 5.91 Å². The lowest BCUT2D eigenvalue weighted by atomic mass is 10.2. The number of hydrogen-bond acceptors (Lipinski definition) is 3. The molecule has 0 radical (unpaired) electrons. The van der Waals surface area contributed by atoms with Gasteiger partial charge >= 0.3 is 5.97 Å². The van der Waals surface area contributed by atoms with Crippen molar-refractivity contribution < 1.29 is 14.7 Å². The van der Waals surface area contributed by atoms with E-state index in [2.05, 4.69) is 0 Å². The van der Waals surface area contributed by atoms with Gasteiger partial charge in [-0.1, -0.05) is 0 Å². The summed E-state index contributed by atoms with van der Waals surface area (Å²) in [6.45, 7) is 2.76. The second-order valence-corrected chi connectivity index (χ2v) is 4.55. The fraction of sp³-hybridized carbons (Fsp3) is 0.778. The van der Waals surface area contributed by atoms with Crippen LogP contribution in [0.1, 0.15) is 19.8 Å². The standard InChI is InChI=1S/C9H15NO3S/c1-7-6-14-5-4-10(7)8(11)2-3-9(12)13/h7H,2-6H2,1H3,(H,12,13). The smallest absolute Gasteiger partial charge is 0.303 e. The summed E-state index contributed by atoms with van der Waals surface area (Å²) in [6.07, 6.45) is 0.0690. The highest BCUT2D eigenvalue weighted by Crippen LogP contribution is 2.17. The zero-order chi connectivity index (χ0) is 10.6. The van der Waals surface area contributed by atoms with Crippen LogP contribution in [-0.2, 0) is 9.59 Å². The minimum Gasteiger partial charge on any atom is -0.481 e. The minimum absolute atomic E-state index is 0.0276. The first-order valence-electron chi connectivity index (χ1n) is 4.70. The molecule has 80 valence electrons. The number of aliphatic carboxylic acids is 1. The Hall–Kier alpha value is -0.710. The molecule has 1 amide bonds. The molecule has 0 spiro atoms. The second-order valence-electron chi connectivity index (χ2n) is 3.40. The fourth-order valence-electron chi connectivity index (χ4n) is 1.46. The van der Waals surface area contributed by atoms with Crippen LogP contribution >= 0.6 is 11.8 Å². The summed E-state index contributed by atoms with van der Waals surface area (Å²) >= 11 is 1.84. The quantitative estimate of drug-likeness (QED) is 0.760. The third-order valence-electron chi connectivity index (χ3n) is 2.24. The molecule has 1 unspecified atom stereocenters. The Labute approximate surface area is 87.7 Å². The van der Waals surface area contributed by atoms with Crippen molar-refractivity contribution in [2.75, 3.05) is 18.1 Å². The third kappa shape index (κ3) is 3.21. The molecule has 1 N–H and O–H groups in total. The summed E-state index contributed by atoms with van der Waals surface area (Å²) in [5.74, 6) is 0.986. The van der Waals surface area contributed by atoms with E-state index in [9.17, 15) is 9.59 Å². The first-order chi connectivity index (χ1) is 6.61. The van der Waals surface area contributed by atoms with Crippen LogP contribution < -0.4 is 0 Å². The molecule has 1 fully saturated rings. The number of carboxylic acid groups (broad SMARTS) is 1. The van der Waals surface area contributed by atoms with Crippen LogP contribution in [0.4, 0.5) is 0 Å². The van der Waals surface area contributed by atoms with Gasteiger partial charge in [0.1, 0.15) is 0 Å². The topological polar surface area (TPSA) is 57.6 Å². The van der Waals surface area contributed by atoms with Crippen LogP contribution in [0.5, 0.6) is 0 Å². The van der Waals surface area contributed by atoms with Crippen LogP contribution in [0.15, 0.2) is 0 Å². The van der Waals surface area contributed by atoms with Crippen molar-refractivity contribution in [3.63, 3.8) is 0 Å². The SMILES string of the molecule is CC1CSCCN1C(=O)CCC(=O)O. The van der Waals surface area contributed by atoms with Crippen molar-refractivity contribution in [2.45, 2.75) is 25.8 Å². The van der Waals surface area contributed by atoms with Crippen LogP contribution in [0.2, 0.25) is 0 Å². The summed E-state index contributed by atoms with van der Waals surface area (Å²) < 4.78 is 0.